The molecule has 2 N–H and O–H groups in total. The van der Waals surface area contributed by atoms with E-state index in [1.54, 1.807) is 13.8 Å². The highest BCUT2D eigenvalue weighted by molar-refractivity contribution is 7.81. The summed E-state index contributed by atoms with van der Waals surface area (Å²) in [5.74, 6) is -1.41. The number of carbonyl (C=O) groups is 2. The number of carboxylic acids is 1. The minimum atomic E-state index is -1.09. The topological polar surface area (TPSA) is 66.4 Å². The van der Waals surface area contributed by atoms with Crippen molar-refractivity contribution in [3.8, 4) is 0 Å². The van der Waals surface area contributed by atoms with Crippen LogP contribution in [0.15, 0.2) is 30.3 Å². The van der Waals surface area contributed by atoms with Gasteiger partial charge in [-0.1, -0.05) is 30.3 Å². The van der Waals surface area contributed by atoms with Gasteiger partial charge in [-0.05, 0) is 19.4 Å². The van der Waals surface area contributed by atoms with E-state index < -0.39 is 16.8 Å². The van der Waals surface area contributed by atoms with E-state index in [1.807, 2.05) is 30.3 Å². The second-order valence-corrected chi connectivity index (χ2v) is 5.81. The van der Waals surface area contributed by atoms with Crippen LogP contribution in [0.3, 0.4) is 0 Å². The molecule has 0 radical (unpaired) electrons. The highest BCUT2D eigenvalue weighted by atomic mass is 32.1. The van der Waals surface area contributed by atoms with E-state index in [-0.39, 0.29) is 12.3 Å². The van der Waals surface area contributed by atoms with Gasteiger partial charge in [0, 0.05) is 4.75 Å². The number of amides is 1. The molecule has 0 aromatic heterocycles. The fourth-order valence-corrected chi connectivity index (χ4v) is 1.71. The van der Waals surface area contributed by atoms with Gasteiger partial charge in [-0.15, -0.1) is 0 Å². The van der Waals surface area contributed by atoms with Crippen LogP contribution in [0, 0.1) is 0 Å². The Morgan fingerprint density at radius 2 is 1.89 bits per heavy atom. The first-order valence-corrected chi connectivity index (χ1v) is 6.04. The quantitative estimate of drug-likeness (QED) is 0.708. The predicted molar refractivity (Wildman–Crippen MR) is 72.8 cm³/mol. The van der Waals surface area contributed by atoms with Crippen LogP contribution in [0.4, 0.5) is 0 Å². The molecule has 1 rings (SSSR count). The largest absolute Gasteiger partial charge is 0.480 e. The first kappa shape index (κ1) is 14.6. The van der Waals surface area contributed by atoms with Crippen LogP contribution in [0.5, 0.6) is 0 Å². The normalized spacial score (nSPS) is 12.8. The number of carbonyl (C=O) groups excluding carboxylic acids is 1. The summed E-state index contributed by atoms with van der Waals surface area (Å²) in [7, 11) is 0. The van der Waals surface area contributed by atoms with Crippen LogP contribution in [-0.4, -0.2) is 27.8 Å². The molecule has 0 heterocycles. The van der Waals surface area contributed by atoms with E-state index >= 15 is 0 Å². The zero-order valence-corrected chi connectivity index (χ0v) is 11.3. The number of hydrogen-bond acceptors (Lipinski definition) is 3. The summed E-state index contributed by atoms with van der Waals surface area (Å²) in [6, 6.07) is 8.15. The van der Waals surface area contributed by atoms with Gasteiger partial charge in [0.25, 0.3) is 0 Å². The number of hydrogen-bond donors (Lipinski definition) is 3. The Balaban J connectivity index is 2.66. The molecule has 0 unspecified atom stereocenters. The molecule has 1 aromatic carbocycles. The van der Waals surface area contributed by atoms with Crippen molar-refractivity contribution in [3.63, 3.8) is 0 Å². The smallest absolute Gasteiger partial charge is 0.327 e. The lowest BCUT2D eigenvalue weighted by Crippen LogP contribution is -2.51. The van der Waals surface area contributed by atoms with Gasteiger partial charge in [-0.2, -0.15) is 12.6 Å². The number of benzene rings is 1. The molecule has 5 heteroatoms. The second-order valence-electron chi connectivity index (χ2n) is 4.65. The van der Waals surface area contributed by atoms with Crippen molar-refractivity contribution >= 4 is 24.5 Å². The third-order valence-corrected chi connectivity index (χ3v) is 2.72. The number of rotatable bonds is 5. The van der Waals surface area contributed by atoms with Crippen molar-refractivity contribution in [2.45, 2.75) is 31.1 Å². The van der Waals surface area contributed by atoms with Crippen LogP contribution >= 0.6 is 12.6 Å². The maximum absolute atomic E-state index is 11.8. The number of aliphatic carboxylic acids is 1. The van der Waals surface area contributed by atoms with E-state index in [1.165, 1.54) is 0 Å². The summed E-state index contributed by atoms with van der Waals surface area (Å²) < 4.78 is -0.821. The minimum absolute atomic E-state index is 0.161. The van der Waals surface area contributed by atoms with Crippen molar-refractivity contribution in [2.24, 2.45) is 0 Å². The Labute approximate surface area is 112 Å². The summed E-state index contributed by atoms with van der Waals surface area (Å²) in [5.41, 5.74) is 0.844. The molecule has 4 nitrogen and oxygen atoms in total. The highest BCUT2D eigenvalue weighted by Crippen LogP contribution is 2.18. The number of carboxylic acid groups (broad SMARTS) is 1. The lowest BCUT2D eigenvalue weighted by Gasteiger charge is -2.26. The lowest BCUT2D eigenvalue weighted by atomic mass is 10.0. The van der Waals surface area contributed by atoms with Crippen LogP contribution in [0.25, 0.3) is 0 Å². The fraction of sp³-hybridized carbons (Fsp3) is 0.385. The summed E-state index contributed by atoms with van der Waals surface area (Å²) in [6.07, 6.45) is 0.161. The van der Waals surface area contributed by atoms with Gasteiger partial charge in [-0.3, -0.25) is 4.79 Å². The molecule has 0 aliphatic rings. The maximum Gasteiger partial charge on any atom is 0.327 e. The Hall–Kier alpha value is -1.49. The first-order valence-electron chi connectivity index (χ1n) is 5.59. The standard InChI is InChI=1S/C13H17NO3S/c1-13(2,18)11(12(16)17)14-10(15)8-9-6-4-3-5-7-9/h3-7,11,18H,8H2,1-2H3,(H,14,15)(H,16,17)/t11-/m1/s1. The lowest BCUT2D eigenvalue weighted by molar-refractivity contribution is -0.142. The molecular formula is C13H17NO3S. The van der Waals surface area contributed by atoms with E-state index in [4.69, 9.17) is 5.11 Å². The van der Waals surface area contributed by atoms with Gasteiger partial charge in [-0.25, -0.2) is 4.79 Å². The third-order valence-electron chi connectivity index (χ3n) is 2.47. The van der Waals surface area contributed by atoms with E-state index in [9.17, 15) is 9.59 Å². The predicted octanol–water partition coefficient (Wildman–Crippen LogP) is 1.51. The molecule has 0 fully saturated rings. The Morgan fingerprint density at radius 1 is 1.33 bits per heavy atom. The Kier molecular flexibility index (Phi) is 4.78. The zero-order chi connectivity index (χ0) is 13.8. The summed E-state index contributed by atoms with van der Waals surface area (Å²) >= 11 is 4.19. The van der Waals surface area contributed by atoms with Crippen LogP contribution in [-0.2, 0) is 16.0 Å². The summed E-state index contributed by atoms with van der Waals surface area (Å²) in [6.45, 7) is 3.30. The third kappa shape index (κ3) is 4.41. The van der Waals surface area contributed by atoms with Gasteiger partial charge in [0.05, 0.1) is 6.42 Å². The van der Waals surface area contributed by atoms with Crippen molar-refractivity contribution in [3.05, 3.63) is 35.9 Å². The van der Waals surface area contributed by atoms with Crippen molar-refractivity contribution < 1.29 is 14.7 Å². The fourth-order valence-electron chi connectivity index (χ4n) is 1.53. The van der Waals surface area contributed by atoms with E-state index in [0.29, 0.717) is 0 Å². The molecular weight excluding hydrogens is 250 g/mol. The number of nitrogens with one attached hydrogen (secondary N) is 1. The van der Waals surface area contributed by atoms with Crippen molar-refractivity contribution in [1.82, 2.24) is 5.32 Å². The Bertz CT molecular complexity index is 426. The summed E-state index contributed by atoms with van der Waals surface area (Å²) in [4.78, 5) is 22.8. The van der Waals surface area contributed by atoms with Crippen molar-refractivity contribution in [2.75, 3.05) is 0 Å². The molecule has 0 saturated heterocycles. The van der Waals surface area contributed by atoms with E-state index in [2.05, 4.69) is 17.9 Å². The van der Waals surface area contributed by atoms with Crippen LogP contribution in [0.2, 0.25) is 0 Å². The summed E-state index contributed by atoms with van der Waals surface area (Å²) in [5, 5.41) is 11.6. The second kappa shape index (κ2) is 5.91. The average Bonchev–Trinajstić information content (AvgIpc) is 2.25. The molecule has 98 valence electrons. The van der Waals surface area contributed by atoms with Gasteiger partial charge in [0.1, 0.15) is 6.04 Å². The van der Waals surface area contributed by atoms with Crippen LogP contribution < -0.4 is 5.32 Å². The zero-order valence-electron chi connectivity index (χ0n) is 10.4. The number of thiol groups is 1. The molecule has 0 spiro atoms. The highest BCUT2D eigenvalue weighted by Gasteiger charge is 2.33. The van der Waals surface area contributed by atoms with Gasteiger partial charge >= 0.3 is 5.97 Å². The molecule has 1 atom stereocenters. The van der Waals surface area contributed by atoms with Crippen LogP contribution in [0.1, 0.15) is 19.4 Å². The molecule has 1 aromatic rings. The Morgan fingerprint density at radius 3 is 2.33 bits per heavy atom. The molecule has 0 aliphatic carbocycles. The SMILES string of the molecule is CC(C)(S)[C@H](NC(=O)Cc1ccccc1)C(=O)O. The van der Waals surface area contributed by atoms with Gasteiger partial charge < -0.3 is 10.4 Å². The molecule has 0 saturated carbocycles. The van der Waals surface area contributed by atoms with E-state index in [0.717, 1.165) is 5.56 Å². The minimum Gasteiger partial charge on any atom is -0.480 e. The van der Waals surface area contributed by atoms with Gasteiger partial charge in [0.2, 0.25) is 5.91 Å². The van der Waals surface area contributed by atoms with Gasteiger partial charge in [0.15, 0.2) is 0 Å². The van der Waals surface area contributed by atoms with Crippen molar-refractivity contribution in [1.29, 1.82) is 0 Å². The maximum atomic E-state index is 11.8. The molecule has 18 heavy (non-hydrogen) atoms. The molecule has 0 bridgehead atoms. The average molecular weight is 267 g/mol. The molecule has 0 aliphatic heterocycles. The monoisotopic (exact) mass is 267 g/mol. The first-order chi connectivity index (χ1) is 8.30. The molecule has 1 amide bonds.